The smallest absolute Gasteiger partial charge is 0.252 e. The zero-order valence-electron chi connectivity index (χ0n) is 11.4. The third-order valence-electron chi connectivity index (χ3n) is 3.04. The fourth-order valence-corrected chi connectivity index (χ4v) is 2.09. The van der Waals surface area contributed by atoms with E-state index in [1.807, 2.05) is 0 Å². The molecule has 1 heterocycles. The Morgan fingerprint density at radius 1 is 1.38 bits per heavy atom. The molecule has 0 saturated carbocycles. The van der Waals surface area contributed by atoms with Crippen molar-refractivity contribution in [2.24, 2.45) is 5.73 Å². The van der Waals surface area contributed by atoms with Gasteiger partial charge in [-0.3, -0.25) is 9.59 Å². The van der Waals surface area contributed by atoms with Gasteiger partial charge in [0.05, 0.1) is 19.2 Å². The Morgan fingerprint density at radius 2 is 2.14 bits per heavy atom. The third kappa shape index (κ3) is 3.00. The second-order valence-corrected chi connectivity index (χ2v) is 4.33. The Morgan fingerprint density at radius 3 is 2.76 bits per heavy atom. The van der Waals surface area contributed by atoms with Crippen LogP contribution in [0.2, 0.25) is 0 Å². The van der Waals surface area contributed by atoms with Gasteiger partial charge < -0.3 is 19.8 Å². The number of nitrogens with zero attached hydrogens (tertiary/aromatic N) is 1. The zero-order valence-corrected chi connectivity index (χ0v) is 11.4. The van der Waals surface area contributed by atoms with Crippen molar-refractivity contribution >= 4 is 29.2 Å². The molecule has 1 aromatic carbocycles. The van der Waals surface area contributed by atoms with Gasteiger partial charge in [-0.2, -0.15) is 0 Å². The molecule has 0 spiro atoms. The maximum Gasteiger partial charge on any atom is 0.252 e. The Labute approximate surface area is 120 Å². The number of amides is 1. The van der Waals surface area contributed by atoms with Crippen LogP contribution in [0.5, 0.6) is 5.75 Å². The maximum atomic E-state index is 12.1. The lowest BCUT2D eigenvalue weighted by Crippen LogP contribution is -2.21. The minimum absolute atomic E-state index is 0.0533. The largest absolute Gasteiger partial charge is 0.497 e. The number of benzene rings is 1. The van der Waals surface area contributed by atoms with Crippen LogP contribution >= 0.6 is 0 Å². The Kier molecular flexibility index (Phi) is 4.18. The average molecular weight is 286 g/mol. The standard InChI is InChI=1S/C15H14N2O4/c1-21-11-3-4-12-10(2-5-14(16)19)8-15(20)17(6-7-18)13(12)9-11/h2-5,7-9H,6H2,1H3,(H2,16,19)/b5-2+. The highest BCUT2D eigenvalue weighted by atomic mass is 16.5. The Bertz CT molecular complexity index is 790. The van der Waals surface area contributed by atoms with E-state index in [-0.39, 0.29) is 12.1 Å². The molecular weight excluding hydrogens is 272 g/mol. The molecule has 1 amide bonds. The normalized spacial score (nSPS) is 10.9. The molecule has 0 atom stereocenters. The molecule has 0 bridgehead atoms. The van der Waals surface area contributed by atoms with Gasteiger partial charge >= 0.3 is 0 Å². The first-order chi connectivity index (χ1) is 10.1. The minimum Gasteiger partial charge on any atom is -0.497 e. The fourth-order valence-electron chi connectivity index (χ4n) is 2.09. The van der Waals surface area contributed by atoms with Gasteiger partial charge in [0.25, 0.3) is 5.56 Å². The first-order valence-corrected chi connectivity index (χ1v) is 6.19. The van der Waals surface area contributed by atoms with Crippen molar-refractivity contribution in [3.63, 3.8) is 0 Å². The van der Waals surface area contributed by atoms with E-state index in [0.29, 0.717) is 23.1 Å². The van der Waals surface area contributed by atoms with Crippen LogP contribution in [-0.2, 0) is 16.1 Å². The van der Waals surface area contributed by atoms with E-state index >= 15 is 0 Å². The molecule has 2 aromatic rings. The molecule has 108 valence electrons. The Balaban J connectivity index is 2.78. The highest BCUT2D eigenvalue weighted by molar-refractivity contribution is 5.95. The van der Waals surface area contributed by atoms with Crippen LogP contribution in [0.1, 0.15) is 5.56 Å². The van der Waals surface area contributed by atoms with E-state index < -0.39 is 5.91 Å². The number of aldehydes is 1. The minimum atomic E-state index is -0.603. The lowest BCUT2D eigenvalue weighted by atomic mass is 10.1. The van der Waals surface area contributed by atoms with Crippen molar-refractivity contribution in [3.05, 3.63) is 46.3 Å². The highest BCUT2D eigenvalue weighted by Crippen LogP contribution is 2.23. The first kappa shape index (κ1) is 14.5. The van der Waals surface area contributed by atoms with E-state index in [9.17, 15) is 14.4 Å². The van der Waals surface area contributed by atoms with Crippen molar-refractivity contribution in [3.8, 4) is 5.75 Å². The van der Waals surface area contributed by atoms with Crippen molar-refractivity contribution in [1.82, 2.24) is 4.57 Å². The zero-order chi connectivity index (χ0) is 15.4. The van der Waals surface area contributed by atoms with Gasteiger partial charge in [0.15, 0.2) is 0 Å². The average Bonchev–Trinajstić information content (AvgIpc) is 2.47. The number of fused-ring (bicyclic) bond motifs is 1. The summed E-state index contributed by atoms with van der Waals surface area (Å²) in [4.78, 5) is 33.7. The van der Waals surface area contributed by atoms with E-state index in [1.165, 1.54) is 29.9 Å². The van der Waals surface area contributed by atoms with Crippen molar-refractivity contribution in [1.29, 1.82) is 0 Å². The van der Waals surface area contributed by atoms with Crippen LogP contribution in [0.15, 0.2) is 35.1 Å². The number of nitrogens with two attached hydrogens (primary N) is 1. The van der Waals surface area contributed by atoms with E-state index in [4.69, 9.17) is 10.5 Å². The summed E-state index contributed by atoms with van der Waals surface area (Å²) in [5.41, 5.74) is 5.84. The lowest BCUT2D eigenvalue weighted by Gasteiger charge is -2.11. The molecule has 0 radical (unpaired) electrons. The number of hydrogen-bond acceptors (Lipinski definition) is 4. The maximum absolute atomic E-state index is 12.1. The molecular formula is C15H14N2O4. The summed E-state index contributed by atoms with van der Waals surface area (Å²) in [6.07, 6.45) is 3.31. The summed E-state index contributed by atoms with van der Waals surface area (Å²) >= 11 is 0. The van der Waals surface area contributed by atoms with Gasteiger partial charge in [0, 0.05) is 23.6 Å². The number of methoxy groups -OCH3 is 1. The summed E-state index contributed by atoms with van der Waals surface area (Å²) < 4.78 is 6.48. The Hall–Kier alpha value is -2.89. The van der Waals surface area contributed by atoms with Crippen molar-refractivity contribution in [2.75, 3.05) is 7.11 Å². The van der Waals surface area contributed by atoms with Crippen LogP contribution in [0.4, 0.5) is 0 Å². The number of carbonyl (C=O) groups is 2. The highest BCUT2D eigenvalue weighted by Gasteiger charge is 2.08. The van der Waals surface area contributed by atoms with Gasteiger partial charge in [-0.15, -0.1) is 0 Å². The van der Waals surface area contributed by atoms with Crippen LogP contribution in [0, 0.1) is 0 Å². The molecule has 0 aliphatic heterocycles. The predicted octanol–water partition coefficient (Wildman–Crippen LogP) is 0.707. The molecule has 2 N–H and O–H groups in total. The van der Waals surface area contributed by atoms with E-state index in [0.717, 1.165) is 5.39 Å². The molecule has 0 fully saturated rings. The molecule has 6 nitrogen and oxygen atoms in total. The number of pyridine rings is 1. The number of carbonyl (C=O) groups excluding carboxylic acids is 2. The molecule has 6 heteroatoms. The number of hydrogen-bond donors (Lipinski definition) is 1. The van der Waals surface area contributed by atoms with Crippen LogP contribution in [0.25, 0.3) is 17.0 Å². The van der Waals surface area contributed by atoms with Crippen LogP contribution in [0.3, 0.4) is 0 Å². The quantitative estimate of drug-likeness (QED) is 0.647. The number of rotatable bonds is 5. The molecule has 0 saturated heterocycles. The van der Waals surface area contributed by atoms with E-state index in [1.54, 1.807) is 18.2 Å². The van der Waals surface area contributed by atoms with Gasteiger partial charge in [-0.05, 0) is 23.8 Å². The first-order valence-electron chi connectivity index (χ1n) is 6.19. The van der Waals surface area contributed by atoms with Crippen LogP contribution in [-0.4, -0.2) is 23.9 Å². The fraction of sp³-hybridized carbons (Fsp3) is 0.133. The molecule has 0 aliphatic carbocycles. The molecule has 0 aliphatic rings. The third-order valence-corrected chi connectivity index (χ3v) is 3.04. The molecule has 21 heavy (non-hydrogen) atoms. The van der Waals surface area contributed by atoms with Crippen molar-refractivity contribution < 1.29 is 14.3 Å². The van der Waals surface area contributed by atoms with Gasteiger partial charge in [0.1, 0.15) is 12.0 Å². The molecule has 0 unspecified atom stereocenters. The second kappa shape index (κ2) is 6.04. The second-order valence-electron chi connectivity index (χ2n) is 4.33. The number of aromatic nitrogens is 1. The predicted molar refractivity (Wildman–Crippen MR) is 79.1 cm³/mol. The number of primary amides is 1. The van der Waals surface area contributed by atoms with Crippen LogP contribution < -0.4 is 16.0 Å². The SMILES string of the molecule is COc1ccc2c(/C=C/C(N)=O)cc(=O)n(CC=O)c2c1. The monoisotopic (exact) mass is 286 g/mol. The number of ether oxygens (including phenoxy) is 1. The lowest BCUT2D eigenvalue weighted by molar-refractivity contribution is -0.113. The van der Waals surface area contributed by atoms with Gasteiger partial charge in [-0.25, -0.2) is 0 Å². The topological polar surface area (TPSA) is 91.4 Å². The van der Waals surface area contributed by atoms with Gasteiger partial charge in [0.2, 0.25) is 5.91 Å². The summed E-state index contributed by atoms with van der Waals surface area (Å²) in [7, 11) is 1.51. The summed E-state index contributed by atoms with van der Waals surface area (Å²) in [6, 6.07) is 6.52. The summed E-state index contributed by atoms with van der Waals surface area (Å²) in [5.74, 6) is -0.0358. The van der Waals surface area contributed by atoms with E-state index in [2.05, 4.69) is 0 Å². The van der Waals surface area contributed by atoms with Gasteiger partial charge in [-0.1, -0.05) is 0 Å². The summed E-state index contributed by atoms with van der Waals surface area (Å²) in [5, 5.41) is 0.717. The van der Waals surface area contributed by atoms with Crippen molar-refractivity contribution in [2.45, 2.75) is 6.54 Å². The molecule has 2 rings (SSSR count). The summed E-state index contributed by atoms with van der Waals surface area (Å²) in [6.45, 7) is -0.0533. The molecule has 1 aromatic heterocycles.